The van der Waals surface area contributed by atoms with Crippen LogP contribution in [-0.2, 0) is 10.2 Å². The SMILES string of the molecule is CSC(CO)C(C)NS(=O)(=O)NC(C)C. The average Bonchev–Trinajstić information content (AvgIpc) is 2.02. The van der Waals surface area contributed by atoms with E-state index in [9.17, 15) is 8.42 Å². The number of hydrogen-bond donors (Lipinski definition) is 3. The van der Waals surface area contributed by atoms with Gasteiger partial charge in [0.15, 0.2) is 0 Å². The topological polar surface area (TPSA) is 78.4 Å². The van der Waals surface area contributed by atoms with E-state index in [-0.39, 0.29) is 23.9 Å². The normalized spacial score (nSPS) is 16.7. The summed E-state index contributed by atoms with van der Waals surface area (Å²) in [5.74, 6) is 0. The van der Waals surface area contributed by atoms with Crippen molar-refractivity contribution in [2.75, 3.05) is 12.9 Å². The summed E-state index contributed by atoms with van der Waals surface area (Å²) in [5.41, 5.74) is 0. The van der Waals surface area contributed by atoms with E-state index >= 15 is 0 Å². The largest absolute Gasteiger partial charge is 0.395 e. The van der Waals surface area contributed by atoms with Crippen molar-refractivity contribution in [2.45, 2.75) is 38.1 Å². The molecule has 0 aromatic heterocycles. The standard InChI is InChI=1S/C8H20N2O3S2/c1-6(2)9-15(12,13)10-7(3)8(5-11)14-4/h6-11H,5H2,1-4H3. The van der Waals surface area contributed by atoms with Crippen molar-refractivity contribution in [3.63, 3.8) is 0 Å². The number of hydrogen-bond acceptors (Lipinski definition) is 4. The van der Waals surface area contributed by atoms with Crippen LogP contribution in [0.25, 0.3) is 0 Å². The van der Waals surface area contributed by atoms with E-state index in [4.69, 9.17) is 5.11 Å². The van der Waals surface area contributed by atoms with Gasteiger partial charge in [-0.25, -0.2) is 0 Å². The predicted molar refractivity (Wildman–Crippen MR) is 64.2 cm³/mol. The van der Waals surface area contributed by atoms with E-state index in [0.717, 1.165) is 0 Å². The number of aliphatic hydroxyl groups excluding tert-OH is 1. The molecule has 0 amide bonds. The number of nitrogens with one attached hydrogen (secondary N) is 2. The lowest BCUT2D eigenvalue weighted by Gasteiger charge is -2.22. The minimum atomic E-state index is -3.47. The van der Waals surface area contributed by atoms with Gasteiger partial charge in [-0.1, -0.05) is 0 Å². The van der Waals surface area contributed by atoms with E-state index in [2.05, 4.69) is 9.44 Å². The van der Waals surface area contributed by atoms with Crippen LogP contribution in [0.5, 0.6) is 0 Å². The summed E-state index contributed by atoms with van der Waals surface area (Å²) in [7, 11) is -3.47. The van der Waals surface area contributed by atoms with Crippen molar-refractivity contribution in [2.24, 2.45) is 0 Å². The summed E-state index contributed by atoms with van der Waals surface area (Å²) >= 11 is 1.43. The van der Waals surface area contributed by atoms with Gasteiger partial charge in [0, 0.05) is 17.3 Å². The molecule has 0 spiro atoms. The molecule has 0 aliphatic rings. The fourth-order valence-corrected chi connectivity index (χ4v) is 3.16. The first-order chi connectivity index (χ1) is 6.82. The maximum Gasteiger partial charge on any atom is 0.277 e. The maximum atomic E-state index is 11.5. The van der Waals surface area contributed by atoms with Gasteiger partial charge in [0.1, 0.15) is 0 Å². The monoisotopic (exact) mass is 256 g/mol. The molecule has 2 unspecified atom stereocenters. The Morgan fingerprint density at radius 1 is 1.27 bits per heavy atom. The fourth-order valence-electron chi connectivity index (χ4n) is 1.10. The van der Waals surface area contributed by atoms with E-state index in [0.29, 0.717) is 0 Å². The third kappa shape index (κ3) is 6.36. The van der Waals surface area contributed by atoms with Gasteiger partial charge in [-0.15, -0.1) is 0 Å². The zero-order chi connectivity index (χ0) is 12.1. The van der Waals surface area contributed by atoms with Crippen molar-refractivity contribution in [3.8, 4) is 0 Å². The van der Waals surface area contributed by atoms with Crippen LogP contribution in [0.3, 0.4) is 0 Å². The molecule has 0 saturated heterocycles. The van der Waals surface area contributed by atoms with E-state index in [1.165, 1.54) is 11.8 Å². The van der Waals surface area contributed by atoms with Gasteiger partial charge in [-0.2, -0.15) is 29.6 Å². The van der Waals surface area contributed by atoms with Crippen LogP contribution in [0, 0.1) is 0 Å². The lowest BCUT2D eigenvalue weighted by Crippen LogP contribution is -2.48. The molecule has 0 aliphatic heterocycles. The summed E-state index contributed by atoms with van der Waals surface area (Å²) in [6.45, 7) is 5.19. The highest BCUT2D eigenvalue weighted by Crippen LogP contribution is 2.10. The molecule has 5 nitrogen and oxygen atoms in total. The van der Waals surface area contributed by atoms with Crippen molar-refractivity contribution in [1.82, 2.24) is 9.44 Å². The first kappa shape index (κ1) is 15.2. The van der Waals surface area contributed by atoms with Gasteiger partial charge in [0.05, 0.1) is 6.61 Å². The highest BCUT2D eigenvalue weighted by Gasteiger charge is 2.21. The van der Waals surface area contributed by atoms with Gasteiger partial charge in [-0.3, -0.25) is 0 Å². The lowest BCUT2D eigenvalue weighted by molar-refractivity contribution is 0.282. The Labute approximate surface area is 96.2 Å². The summed E-state index contributed by atoms with van der Waals surface area (Å²) in [6.07, 6.45) is 1.83. The second kappa shape index (κ2) is 6.70. The molecule has 2 atom stereocenters. The van der Waals surface area contributed by atoms with Crippen LogP contribution in [0.1, 0.15) is 20.8 Å². The smallest absolute Gasteiger partial charge is 0.277 e. The van der Waals surface area contributed by atoms with Gasteiger partial charge in [0.25, 0.3) is 10.2 Å². The third-order valence-corrected chi connectivity index (χ3v) is 4.40. The summed E-state index contributed by atoms with van der Waals surface area (Å²) < 4.78 is 27.8. The quantitative estimate of drug-likeness (QED) is 0.596. The second-order valence-electron chi connectivity index (χ2n) is 3.64. The number of aliphatic hydroxyl groups is 1. The Kier molecular flexibility index (Phi) is 6.78. The summed E-state index contributed by atoms with van der Waals surface area (Å²) in [4.78, 5) is 0. The molecule has 0 saturated carbocycles. The fraction of sp³-hybridized carbons (Fsp3) is 1.00. The van der Waals surface area contributed by atoms with Crippen LogP contribution >= 0.6 is 11.8 Å². The number of thioether (sulfide) groups is 1. The van der Waals surface area contributed by atoms with Gasteiger partial charge in [-0.05, 0) is 27.0 Å². The number of rotatable bonds is 7. The van der Waals surface area contributed by atoms with Crippen LogP contribution in [0.15, 0.2) is 0 Å². The Morgan fingerprint density at radius 2 is 1.80 bits per heavy atom. The molecule has 0 rings (SSSR count). The minimum Gasteiger partial charge on any atom is -0.395 e. The lowest BCUT2D eigenvalue weighted by atomic mass is 10.3. The van der Waals surface area contributed by atoms with Crippen molar-refractivity contribution >= 4 is 22.0 Å². The average molecular weight is 256 g/mol. The third-order valence-electron chi connectivity index (χ3n) is 1.77. The van der Waals surface area contributed by atoms with E-state index in [1.54, 1.807) is 20.8 Å². The molecule has 0 aromatic rings. The zero-order valence-corrected chi connectivity index (χ0v) is 11.2. The molecule has 15 heavy (non-hydrogen) atoms. The molecule has 0 fully saturated rings. The molecule has 0 aliphatic carbocycles. The zero-order valence-electron chi connectivity index (χ0n) is 9.52. The van der Waals surface area contributed by atoms with E-state index in [1.807, 2.05) is 6.26 Å². The van der Waals surface area contributed by atoms with Crippen LogP contribution in [-0.4, -0.2) is 43.7 Å². The van der Waals surface area contributed by atoms with Crippen molar-refractivity contribution in [3.05, 3.63) is 0 Å². The first-order valence-corrected chi connectivity index (χ1v) is 7.52. The van der Waals surface area contributed by atoms with Gasteiger partial charge < -0.3 is 5.11 Å². The highest BCUT2D eigenvalue weighted by molar-refractivity contribution is 7.99. The van der Waals surface area contributed by atoms with Crippen LogP contribution in [0.2, 0.25) is 0 Å². The Bertz CT molecular complexity index is 263. The molecule has 0 radical (unpaired) electrons. The maximum absolute atomic E-state index is 11.5. The van der Waals surface area contributed by atoms with E-state index < -0.39 is 10.2 Å². The highest BCUT2D eigenvalue weighted by atomic mass is 32.2. The van der Waals surface area contributed by atoms with Crippen molar-refractivity contribution in [1.29, 1.82) is 0 Å². The first-order valence-electron chi connectivity index (χ1n) is 4.75. The minimum absolute atomic E-state index is 0.0491. The molecule has 0 bridgehead atoms. The van der Waals surface area contributed by atoms with Gasteiger partial charge >= 0.3 is 0 Å². The molecule has 3 N–H and O–H groups in total. The Balaban J connectivity index is 4.32. The molecular weight excluding hydrogens is 236 g/mol. The summed E-state index contributed by atoms with van der Waals surface area (Å²) in [6, 6.07) is -0.446. The Hall–Kier alpha value is 0.180. The van der Waals surface area contributed by atoms with Crippen LogP contribution < -0.4 is 9.44 Å². The molecule has 92 valence electrons. The second-order valence-corrected chi connectivity index (χ2v) is 6.19. The van der Waals surface area contributed by atoms with Gasteiger partial charge in [0.2, 0.25) is 0 Å². The summed E-state index contributed by atoms with van der Waals surface area (Å²) in [5, 5.41) is 8.87. The molecule has 0 heterocycles. The molecular formula is C8H20N2O3S2. The molecule has 0 aromatic carbocycles. The molecule has 7 heteroatoms. The Morgan fingerprint density at radius 3 is 2.13 bits per heavy atom. The predicted octanol–water partition coefficient (Wildman–Crippen LogP) is -0.0688. The van der Waals surface area contributed by atoms with Crippen LogP contribution in [0.4, 0.5) is 0 Å². The van der Waals surface area contributed by atoms with Crippen molar-refractivity contribution < 1.29 is 13.5 Å².